The molecule has 1 spiro atoms. The van der Waals surface area contributed by atoms with E-state index in [1.165, 1.54) is 5.56 Å². The first-order valence-corrected chi connectivity index (χ1v) is 10.3. The smallest absolute Gasteiger partial charge is 0.202 e. The summed E-state index contributed by atoms with van der Waals surface area (Å²) < 4.78 is 11.5. The van der Waals surface area contributed by atoms with Gasteiger partial charge in [0.25, 0.3) is 0 Å². The Labute approximate surface area is 177 Å². The minimum atomic E-state index is -0.395. The molecule has 5 nitrogen and oxygen atoms in total. The van der Waals surface area contributed by atoms with Crippen LogP contribution in [-0.2, 0) is 4.74 Å². The minimum Gasteiger partial charge on any atom is -0.497 e. The summed E-state index contributed by atoms with van der Waals surface area (Å²) in [7, 11) is 1.68. The van der Waals surface area contributed by atoms with Crippen molar-refractivity contribution in [3.8, 4) is 5.75 Å². The van der Waals surface area contributed by atoms with Crippen molar-refractivity contribution in [3.05, 3.63) is 54.1 Å². The van der Waals surface area contributed by atoms with Gasteiger partial charge in [-0.15, -0.1) is 0 Å². The number of benzene rings is 2. The number of anilines is 2. The molecule has 0 aliphatic carbocycles. The molecule has 1 atom stereocenters. The van der Waals surface area contributed by atoms with Crippen molar-refractivity contribution >= 4 is 34.5 Å². The molecule has 2 aliphatic rings. The highest BCUT2D eigenvalue weighted by Crippen LogP contribution is 2.44. The average Bonchev–Trinajstić information content (AvgIpc) is 2.93. The van der Waals surface area contributed by atoms with Crippen LogP contribution in [0.1, 0.15) is 32.3 Å². The molecule has 6 heteroatoms. The SMILES string of the molecule is COc1cccc(N2C(=S)N=C(Nc3ccccc3C)[C@]23CCOC(C)(C)C3)c1. The van der Waals surface area contributed by atoms with Crippen LogP contribution in [-0.4, -0.2) is 35.8 Å². The van der Waals surface area contributed by atoms with Gasteiger partial charge in [-0.3, -0.25) is 0 Å². The Balaban J connectivity index is 1.80. The maximum Gasteiger partial charge on any atom is 0.202 e. The molecule has 0 amide bonds. The van der Waals surface area contributed by atoms with E-state index in [9.17, 15) is 0 Å². The molecule has 0 aromatic heterocycles. The van der Waals surface area contributed by atoms with Crippen LogP contribution in [0.5, 0.6) is 5.75 Å². The molecule has 2 aliphatic heterocycles. The highest BCUT2D eigenvalue weighted by molar-refractivity contribution is 7.80. The number of aliphatic imine (C=N–C) groups is 1. The topological polar surface area (TPSA) is 46.1 Å². The molecule has 2 heterocycles. The standard InChI is InChI=1S/C23H27N3O2S/c1-16-8-5-6-11-19(16)24-20-23(12-13-28-22(2,3)15-23)26(21(29)25-20)17-9-7-10-18(14-17)27-4/h5-11,14H,12-13,15H2,1-4H3,(H,24,25,29)/t23-/m1/s1. The molecule has 2 aromatic rings. The van der Waals surface area contributed by atoms with E-state index >= 15 is 0 Å². The predicted octanol–water partition coefficient (Wildman–Crippen LogP) is 4.95. The number of ether oxygens (including phenoxy) is 2. The third-order valence-corrected chi connectivity index (χ3v) is 5.98. The lowest BCUT2D eigenvalue weighted by Gasteiger charge is -2.48. The Morgan fingerprint density at radius 1 is 1.17 bits per heavy atom. The van der Waals surface area contributed by atoms with Crippen LogP contribution in [0.4, 0.5) is 11.4 Å². The van der Waals surface area contributed by atoms with Gasteiger partial charge in [0, 0.05) is 36.9 Å². The minimum absolute atomic E-state index is 0.288. The number of rotatable bonds is 3. The summed E-state index contributed by atoms with van der Waals surface area (Å²) in [6.07, 6.45) is 1.57. The molecule has 1 fully saturated rings. The van der Waals surface area contributed by atoms with Crippen LogP contribution >= 0.6 is 12.2 Å². The number of hydrogen-bond donors (Lipinski definition) is 1. The van der Waals surface area contributed by atoms with E-state index in [1.54, 1.807) is 7.11 Å². The maximum absolute atomic E-state index is 6.06. The molecule has 29 heavy (non-hydrogen) atoms. The summed E-state index contributed by atoms with van der Waals surface area (Å²) in [6, 6.07) is 16.2. The van der Waals surface area contributed by atoms with Crippen LogP contribution in [0.3, 0.4) is 0 Å². The van der Waals surface area contributed by atoms with Gasteiger partial charge in [0.1, 0.15) is 17.1 Å². The fourth-order valence-corrected chi connectivity index (χ4v) is 4.74. The van der Waals surface area contributed by atoms with Crippen LogP contribution in [0.2, 0.25) is 0 Å². The van der Waals surface area contributed by atoms with Crippen LogP contribution in [0, 0.1) is 6.92 Å². The number of amidine groups is 1. The van der Waals surface area contributed by atoms with E-state index < -0.39 is 5.54 Å². The number of thiocarbonyl (C=S) groups is 1. The van der Waals surface area contributed by atoms with Crippen molar-refractivity contribution in [2.24, 2.45) is 4.99 Å². The molecule has 1 N–H and O–H groups in total. The van der Waals surface area contributed by atoms with Gasteiger partial charge in [-0.25, -0.2) is 4.99 Å². The zero-order valence-electron chi connectivity index (χ0n) is 17.4. The number of hydrogen-bond acceptors (Lipinski definition) is 4. The van der Waals surface area contributed by atoms with E-state index in [4.69, 9.17) is 26.7 Å². The Kier molecular flexibility index (Phi) is 5.09. The number of nitrogens with one attached hydrogen (secondary N) is 1. The zero-order chi connectivity index (χ0) is 20.6. The van der Waals surface area contributed by atoms with Crippen molar-refractivity contribution in [1.82, 2.24) is 0 Å². The van der Waals surface area contributed by atoms with Crippen LogP contribution < -0.4 is 15.0 Å². The number of nitrogens with zero attached hydrogens (tertiary/aromatic N) is 2. The molecule has 0 radical (unpaired) electrons. The first-order valence-electron chi connectivity index (χ1n) is 9.89. The largest absolute Gasteiger partial charge is 0.497 e. The number of para-hydroxylation sites is 1. The van der Waals surface area contributed by atoms with E-state index in [2.05, 4.69) is 49.2 Å². The summed E-state index contributed by atoms with van der Waals surface area (Å²) in [5.41, 5.74) is 2.52. The lowest BCUT2D eigenvalue weighted by Crippen LogP contribution is -2.60. The molecular weight excluding hydrogens is 382 g/mol. The molecule has 4 rings (SSSR count). The van der Waals surface area contributed by atoms with Gasteiger partial charge in [-0.2, -0.15) is 0 Å². The monoisotopic (exact) mass is 409 g/mol. The maximum atomic E-state index is 6.06. The second-order valence-electron chi connectivity index (χ2n) is 8.29. The van der Waals surface area contributed by atoms with Gasteiger partial charge >= 0.3 is 0 Å². The third-order valence-electron chi connectivity index (χ3n) is 5.70. The second kappa shape index (κ2) is 7.43. The Morgan fingerprint density at radius 2 is 1.97 bits per heavy atom. The number of methoxy groups -OCH3 is 1. The van der Waals surface area contributed by atoms with Gasteiger partial charge in [0.05, 0.1) is 12.7 Å². The summed E-state index contributed by atoms with van der Waals surface area (Å²) in [6.45, 7) is 7.00. The summed E-state index contributed by atoms with van der Waals surface area (Å²) in [5, 5.41) is 4.16. The van der Waals surface area contributed by atoms with Gasteiger partial charge in [-0.05, 0) is 56.8 Å². The molecule has 0 unspecified atom stereocenters. The quantitative estimate of drug-likeness (QED) is 0.727. The van der Waals surface area contributed by atoms with Crippen LogP contribution in [0.15, 0.2) is 53.5 Å². The predicted molar refractivity (Wildman–Crippen MR) is 122 cm³/mol. The Morgan fingerprint density at radius 3 is 2.69 bits per heavy atom. The van der Waals surface area contributed by atoms with Gasteiger partial charge in [0.2, 0.25) is 5.11 Å². The second-order valence-corrected chi connectivity index (χ2v) is 8.65. The summed E-state index contributed by atoms with van der Waals surface area (Å²) in [5.74, 6) is 1.68. The third kappa shape index (κ3) is 3.63. The fraction of sp³-hybridized carbons (Fsp3) is 0.391. The van der Waals surface area contributed by atoms with Gasteiger partial charge in [-0.1, -0.05) is 24.3 Å². The van der Waals surface area contributed by atoms with E-state index in [0.717, 1.165) is 35.8 Å². The number of aryl methyl sites for hydroxylation is 1. The molecule has 0 bridgehead atoms. The molecular formula is C23H27N3O2S. The Hall–Kier alpha value is -2.44. The molecule has 0 saturated carbocycles. The summed E-state index contributed by atoms with van der Waals surface area (Å²) >= 11 is 5.77. The highest BCUT2D eigenvalue weighted by Gasteiger charge is 2.53. The van der Waals surface area contributed by atoms with E-state index in [-0.39, 0.29) is 5.60 Å². The van der Waals surface area contributed by atoms with Crippen molar-refractivity contribution in [1.29, 1.82) is 0 Å². The van der Waals surface area contributed by atoms with Crippen molar-refractivity contribution in [3.63, 3.8) is 0 Å². The van der Waals surface area contributed by atoms with E-state index in [1.807, 2.05) is 30.3 Å². The first-order chi connectivity index (χ1) is 13.8. The van der Waals surface area contributed by atoms with Crippen molar-refractivity contribution in [2.75, 3.05) is 23.9 Å². The molecule has 152 valence electrons. The normalized spacial score (nSPS) is 23.2. The van der Waals surface area contributed by atoms with Crippen LogP contribution in [0.25, 0.3) is 0 Å². The average molecular weight is 410 g/mol. The van der Waals surface area contributed by atoms with Crippen molar-refractivity contribution < 1.29 is 9.47 Å². The molecule has 1 saturated heterocycles. The molecule has 2 aromatic carbocycles. The van der Waals surface area contributed by atoms with Gasteiger partial charge < -0.3 is 19.7 Å². The lowest BCUT2D eigenvalue weighted by atomic mass is 9.79. The lowest BCUT2D eigenvalue weighted by molar-refractivity contribution is -0.0661. The fourth-order valence-electron chi connectivity index (χ4n) is 4.36. The summed E-state index contributed by atoms with van der Waals surface area (Å²) in [4.78, 5) is 7.02. The van der Waals surface area contributed by atoms with E-state index in [0.29, 0.717) is 11.7 Å². The van der Waals surface area contributed by atoms with Crippen molar-refractivity contribution in [2.45, 2.75) is 44.8 Å². The highest BCUT2D eigenvalue weighted by atomic mass is 32.1. The van der Waals surface area contributed by atoms with Gasteiger partial charge in [0.15, 0.2) is 0 Å². The zero-order valence-corrected chi connectivity index (χ0v) is 18.2. The Bertz CT molecular complexity index is 972. The first kappa shape index (κ1) is 19.9.